The van der Waals surface area contributed by atoms with Gasteiger partial charge >= 0.3 is 0 Å². The minimum absolute atomic E-state index is 0.409. The van der Waals surface area contributed by atoms with Crippen LogP contribution in [0.5, 0.6) is 5.75 Å². The monoisotopic (exact) mass is 259 g/mol. The highest BCUT2D eigenvalue weighted by atomic mass is 16.3. The molecule has 1 saturated heterocycles. The molecule has 1 aromatic carbocycles. The molecule has 2 fully saturated rings. The Balaban J connectivity index is 1.80. The lowest BCUT2D eigenvalue weighted by atomic mass is 9.88. The van der Waals surface area contributed by atoms with Crippen LogP contribution in [-0.4, -0.2) is 22.6 Å². The second kappa shape index (κ2) is 5.96. The fourth-order valence-electron chi connectivity index (χ4n) is 3.89. The molecule has 1 atom stereocenters. The number of hydrogen-bond donors (Lipinski definition) is 1. The number of aromatic hydroxyl groups is 1. The predicted molar refractivity (Wildman–Crippen MR) is 78.3 cm³/mol. The second-order valence-corrected chi connectivity index (χ2v) is 6.14. The molecule has 1 saturated carbocycles. The van der Waals surface area contributed by atoms with E-state index in [1.165, 1.54) is 63.5 Å². The van der Waals surface area contributed by atoms with Crippen LogP contribution in [0.1, 0.15) is 63.0 Å². The van der Waals surface area contributed by atoms with Gasteiger partial charge in [-0.1, -0.05) is 37.8 Å². The van der Waals surface area contributed by atoms with Crippen molar-refractivity contribution in [3.63, 3.8) is 0 Å². The molecule has 2 heteroatoms. The van der Waals surface area contributed by atoms with Crippen LogP contribution < -0.4 is 0 Å². The Morgan fingerprint density at radius 2 is 1.74 bits per heavy atom. The van der Waals surface area contributed by atoms with Crippen LogP contribution in [0, 0.1) is 0 Å². The lowest BCUT2D eigenvalue weighted by Gasteiger charge is -2.43. The summed E-state index contributed by atoms with van der Waals surface area (Å²) in [6.07, 6.45) is 10.9. The zero-order valence-corrected chi connectivity index (χ0v) is 11.7. The number of likely N-dealkylation sites (tertiary alicyclic amines) is 1. The second-order valence-electron chi connectivity index (χ2n) is 6.14. The number of phenols is 1. The molecule has 0 spiro atoms. The molecule has 1 aliphatic carbocycles. The van der Waals surface area contributed by atoms with Crippen molar-refractivity contribution in [3.05, 3.63) is 29.8 Å². The van der Waals surface area contributed by atoms with Gasteiger partial charge in [-0.3, -0.25) is 4.90 Å². The standard InChI is InChI=1S/C17H25NO/c19-16-10-6-7-14(13-16)17-11-4-5-12-18(17)15-8-2-1-3-9-15/h6-7,10,13,15,17,19H,1-5,8-9,11-12H2. The summed E-state index contributed by atoms with van der Waals surface area (Å²) in [5.74, 6) is 0.409. The normalized spacial score (nSPS) is 26.4. The van der Waals surface area contributed by atoms with Crippen molar-refractivity contribution in [3.8, 4) is 5.75 Å². The number of nitrogens with zero attached hydrogens (tertiary/aromatic N) is 1. The Labute approximate surface area is 116 Å². The van der Waals surface area contributed by atoms with Crippen molar-refractivity contribution < 1.29 is 5.11 Å². The molecule has 1 N–H and O–H groups in total. The van der Waals surface area contributed by atoms with E-state index in [0.29, 0.717) is 11.8 Å². The van der Waals surface area contributed by atoms with Gasteiger partial charge in [0.2, 0.25) is 0 Å². The van der Waals surface area contributed by atoms with E-state index in [1.807, 2.05) is 12.1 Å². The van der Waals surface area contributed by atoms with E-state index in [0.717, 1.165) is 6.04 Å². The van der Waals surface area contributed by atoms with E-state index < -0.39 is 0 Å². The molecule has 1 unspecified atom stereocenters. The molecule has 0 bridgehead atoms. The van der Waals surface area contributed by atoms with Gasteiger partial charge in [-0.2, -0.15) is 0 Å². The Morgan fingerprint density at radius 1 is 0.947 bits per heavy atom. The molecular formula is C17H25NO. The highest BCUT2D eigenvalue weighted by Crippen LogP contribution is 2.37. The van der Waals surface area contributed by atoms with Crippen molar-refractivity contribution in [1.29, 1.82) is 0 Å². The third-order valence-corrected chi connectivity index (χ3v) is 4.84. The first-order valence-corrected chi connectivity index (χ1v) is 7.89. The van der Waals surface area contributed by atoms with Gasteiger partial charge in [-0.05, 0) is 49.9 Å². The summed E-state index contributed by atoms with van der Waals surface area (Å²) in [7, 11) is 0. The lowest BCUT2D eigenvalue weighted by molar-refractivity contribution is 0.0721. The minimum Gasteiger partial charge on any atom is -0.508 e. The highest BCUT2D eigenvalue weighted by Gasteiger charge is 2.30. The lowest BCUT2D eigenvalue weighted by Crippen LogP contribution is -2.42. The summed E-state index contributed by atoms with van der Waals surface area (Å²) in [4.78, 5) is 2.73. The molecule has 2 aliphatic rings. The van der Waals surface area contributed by atoms with E-state index in [1.54, 1.807) is 6.07 Å². The number of benzene rings is 1. The zero-order chi connectivity index (χ0) is 13.1. The average molecular weight is 259 g/mol. The molecule has 3 rings (SSSR count). The molecule has 104 valence electrons. The van der Waals surface area contributed by atoms with Gasteiger partial charge in [-0.15, -0.1) is 0 Å². The SMILES string of the molecule is Oc1cccc(C2CCCCN2C2CCCCC2)c1. The first-order chi connectivity index (χ1) is 9.34. The Bertz CT molecular complexity index is 411. The topological polar surface area (TPSA) is 23.5 Å². The summed E-state index contributed by atoms with van der Waals surface area (Å²) < 4.78 is 0. The number of rotatable bonds is 2. The molecule has 1 aromatic rings. The van der Waals surface area contributed by atoms with Crippen LogP contribution in [0.3, 0.4) is 0 Å². The molecule has 1 heterocycles. The molecule has 0 aromatic heterocycles. The van der Waals surface area contributed by atoms with E-state index in [9.17, 15) is 5.11 Å². The summed E-state index contributed by atoms with van der Waals surface area (Å²) in [5.41, 5.74) is 1.31. The van der Waals surface area contributed by atoms with E-state index in [4.69, 9.17) is 0 Å². The van der Waals surface area contributed by atoms with Crippen LogP contribution in [0.2, 0.25) is 0 Å². The quantitative estimate of drug-likeness (QED) is 0.858. The number of phenolic OH excluding ortho intramolecular Hbond substituents is 1. The van der Waals surface area contributed by atoms with E-state index in [-0.39, 0.29) is 0 Å². The van der Waals surface area contributed by atoms with Gasteiger partial charge in [0.15, 0.2) is 0 Å². The predicted octanol–water partition coefficient (Wildman–Crippen LogP) is 4.25. The first-order valence-electron chi connectivity index (χ1n) is 7.89. The Hall–Kier alpha value is -1.02. The van der Waals surface area contributed by atoms with Gasteiger partial charge < -0.3 is 5.11 Å². The third kappa shape index (κ3) is 2.94. The van der Waals surface area contributed by atoms with Crippen LogP contribution in [0.15, 0.2) is 24.3 Å². The minimum atomic E-state index is 0.409. The maximum Gasteiger partial charge on any atom is 0.115 e. The highest BCUT2D eigenvalue weighted by molar-refractivity contribution is 5.29. The van der Waals surface area contributed by atoms with Crippen LogP contribution >= 0.6 is 0 Å². The molecule has 2 nitrogen and oxygen atoms in total. The smallest absolute Gasteiger partial charge is 0.115 e. The van der Waals surface area contributed by atoms with Gasteiger partial charge in [0.05, 0.1) is 0 Å². The van der Waals surface area contributed by atoms with Gasteiger partial charge in [0.25, 0.3) is 0 Å². The summed E-state index contributed by atoms with van der Waals surface area (Å²) in [6.45, 7) is 1.24. The first kappa shape index (κ1) is 13.0. The van der Waals surface area contributed by atoms with Crippen molar-refractivity contribution in [2.24, 2.45) is 0 Å². The number of piperidine rings is 1. The van der Waals surface area contributed by atoms with Crippen molar-refractivity contribution in [1.82, 2.24) is 4.90 Å². The molecule has 0 radical (unpaired) electrons. The van der Waals surface area contributed by atoms with Crippen LogP contribution in [0.25, 0.3) is 0 Å². The molecular weight excluding hydrogens is 234 g/mol. The average Bonchev–Trinajstić information content (AvgIpc) is 2.48. The van der Waals surface area contributed by atoms with Gasteiger partial charge in [0, 0.05) is 12.1 Å². The summed E-state index contributed by atoms with van der Waals surface area (Å²) >= 11 is 0. The fraction of sp³-hybridized carbons (Fsp3) is 0.647. The molecule has 1 aliphatic heterocycles. The summed E-state index contributed by atoms with van der Waals surface area (Å²) in [6, 6.07) is 9.22. The van der Waals surface area contributed by atoms with Crippen LogP contribution in [0.4, 0.5) is 0 Å². The Kier molecular flexibility index (Phi) is 4.07. The van der Waals surface area contributed by atoms with E-state index in [2.05, 4.69) is 11.0 Å². The largest absolute Gasteiger partial charge is 0.508 e. The zero-order valence-electron chi connectivity index (χ0n) is 11.7. The maximum atomic E-state index is 9.72. The van der Waals surface area contributed by atoms with Crippen LogP contribution in [-0.2, 0) is 0 Å². The Morgan fingerprint density at radius 3 is 2.53 bits per heavy atom. The molecule has 0 amide bonds. The van der Waals surface area contributed by atoms with Crippen molar-refractivity contribution in [2.75, 3.05) is 6.54 Å². The van der Waals surface area contributed by atoms with Gasteiger partial charge in [-0.25, -0.2) is 0 Å². The van der Waals surface area contributed by atoms with Crippen molar-refractivity contribution in [2.45, 2.75) is 63.5 Å². The number of hydrogen-bond acceptors (Lipinski definition) is 2. The fourth-order valence-corrected chi connectivity index (χ4v) is 3.89. The van der Waals surface area contributed by atoms with Crippen molar-refractivity contribution >= 4 is 0 Å². The molecule has 19 heavy (non-hydrogen) atoms. The maximum absolute atomic E-state index is 9.72. The third-order valence-electron chi connectivity index (χ3n) is 4.84. The summed E-state index contributed by atoms with van der Waals surface area (Å²) in [5, 5.41) is 9.72. The van der Waals surface area contributed by atoms with Gasteiger partial charge in [0.1, 0.15) is 5.75 Å². The van der Waals surface area contributed by atoms with E-state index >= 15 is 0 Å².